The maximum Gasteiger partial charge on any atom is 0.243 e. The zero-order valence-electron chi connectivity index (χ0n) is 20.7. The minimum Gasteiger partial charge on any atom is -0.347 e. The zero-order valence-corrected chi connectivity index (χ0v) is 22.4. The molecule has 10 heteroatoms. The molecule has 4 rings (SSSR count). The second kappa shape index (κ2) is 12.2. The molecule has 1 amide bonds. The van der Waals surface area contributed by atoms with Gasteiger partial charge in [-0.2, -0.15) is 5.10 Å². The molecule has 0 bridgehead atoms. The first-order chi connectivity index (χ1) is 16.7. The van der Waals surface area contributed by atoms with Crippen LogP contribution in [-0.2, 0) is 20.9 Å². The first kappa shape index (κ1) is 28.1. The zero-order chi connectivity index (χ0) is 25.1. The third kappa shape index (κ3) is 6.83. The molecule has 0 radical (unpaired) electrons. The molecule has 2 heterocycles. The standard InChI is InChI=1S/C26H31FN4O3S.ClH/c1-17(32)35-23-11-12-30(25(26(34)18-8-9-18)21-6-4-5-7-22(21)27)15-19(23)14-20-10-13-31(28-20)16-24(33)29(2)3;/h4-7,10,13-14,18,23,25H,8-9,11-12,15-16H2,1-3H3;1H/b19-14+;. The van der Waals surface area contributed by atoms with Crippen molar-refractivity contribution < 1.29 is 18.8 Å². The molecule has 1 saturated carbocycles. The van der Waals surface area contributed by atoms with Gasteiger partial charge in [0.1, 0.15) is 12.4 Å². The van der Waals surface area contributed by atoms with Crippen LogP contribution in [0.5, 0.6) is 0 Å². The number of amides is 1. The van der Waals surface area contributed by atoms with Gasteiger partial charge in [-0.3, -0.25) is 24.0 Å². The van der Waals surface area contributed by atoms with Crippen LogP contribution in [0.2, 0.25) is 0 Å². The van der Waals surface area contributed by atoms with E-state index in [1.54, 1.807) is 50.1 Å². The summed E-state index contributed by atoms with van der Waals surface area (Å²) in [4.78, 5) is 40.8. The number of nitrogens with zero attached hydrogens (tertiary/aromatic N) is 4. The lowest BCUT2D eigenvalue weighted by molar-refractivity contribution is -0.129. The molecule has 2 unspecified atom stereocenters. The number of hydrogen-bond acceptors (Lipinski definition) is 6. The highest BCUT2D eigenvalue weighted by Crippen LogP contribution is 2.40. The van der Waals surface area contributed by atoms with Gasteiger partial charge in [0.15, 0.2) is 10.9 Å². The highest BCUT2D eigenvalue weighted by atomic mass is 35.5. The molecule has 0 spiro atoms. The Morgan fingerprint density at radius 3 is 2.56 bits per heavy atom. The molecule has 0 N–H and O–H groups in total. The average Bonchev–Trinajstić information content (AvgIpc) is 3.57. The van der Waals surface area contributed by atoms with E-state index in [1.807, 2.05) is 17.0 Å². The number of halogens is 2. The Labute approximate surface area is 221 Å². The van der Waals surface area contributed by atoms with Gasteiger partial charge >= 0.3 is 0 Å². The van der Waals surface area contributed by atoms with Gasteiger partial charge in [0, 0.05) is 57.0 Å². The first-order valence-electron chi connectivity index (χ1n) is 11.9. The topological polar surface area (TPSA) is 75.5 Å². The van der Waals surface area contributed by atoms with Crippen LogP contribution in [-0.4, -0.2) is 68.8 Å². The van der Waals surface area contributed by atoms with Crippen molar-refractivity contribution in [2.45, 2.75) is 44.0 Å². The monoisotopic (exact) mass is 534 g/mol. The van der Waals surface area contributed by atoms with Crippen LogP contribution in [0.1, 0.15) is 43.5 Å². The lowest BCUT2D eigenvalue weighted by atomic mass is 9.93. The smallest absolute Gasteiger partial charge is 0.243 e. The van der Waals surface area contributed by atoms with Gasteiger partial charge in [-0.15, -0.1) is 12.4 Å². The van der Waals surface area contributed by atoms with E-state index in [4.69, 9.17) is 0 Å². The van der Waals surface area contributed by atoms with Crippen molar-refractivity contribution in [1.29, 1.82) is 0 Å². The van der Waals surface area contributed by atoms with Crippen LogP contribution in [0.15, 0.2) is 42.1 Å². The van der Waals surface area contributed by atoms with Crippen LogP contribution in [0, 0.1) is 11.7 Å². The minimum atomic E-state index is -0.648. The molecular formula is C26H32ClFN4O3S. The lowest BCUT2D eigenvalue weighted by Crippen LogP contribution is -2.43. The molecule has 194 valence electrons. The Bertz CT molecular complexity index is 1150. The summed E-state index contributed by atoms with van der Waals surface area (Å²) in [6, 6.07) is 7.68. The number of carbonyl (C=O) groups excluding carboxylic acids is 3. The molecule has 1 aliphatic heterocycles. The number of likely N-dealkylation sites (N-methyl/N-ethyl adjacent to an activating group) is 1. The SMILES string of the molecule is CC(=O)SC1CCN(C(C(=O)C2CC2)c2ccccc2F)C/C1=C\c1ccn(CC(=O)N(C)C)n1.Cl. The molecule has 1 aromatic heterocycles. The second-order valence-corrected chi connectivity index (χ2v) is 10.8. The maximum absolute atomic E-state index is 14.8. The summed E-state index contributed by atoms with van der Waals surface area (Å²) >= 11 is 1.28. The molecule has 2 aliphatic rings. The van der Waals surface area contributed by atoms with Gasteiger partial charge in [0.05, 0.1) is 11.7 Å². The predicted octanol–water partition coefficient (Wildman–Crippen LogP) is 3.99. The van der Waals surface area contributed by atoms with Gasteiger partial charge in [0.25, 0.3) is 0 Å². The second-order valence-electron chi connectivity index (χ2n) is 9.40. The van der Waals surface area contributed by atoms with Crippen molar-refractivity contribution in [3.63, 3.8) is 0 Å². The summed E-state index contributed by atoms with van der Waals surface area (Å²) < 4.78 is 16.4. The molecule has 2 atom stereocenters. The van der Waals surface area contributed by atoms with Gasteiger partial charge in [-0.25, -0.2) is 4.39 Å². The minimum absolute atomic E-state index is 0. The van der Waals surface area contributed by atoms with Crippen molar-refractivity contribution in [1.82, 2.24) is 19.6 Å². The van der Waals surface area contributed by atoms with Crippen LogP contribution in [0.4, 0.5) is 4.39 Å². The lowest BCUT2D eigenvalue weighted by Gasteiger charge is -2.38. The van der Waals surface area contributed by atoms with Crippen molar-refractivity contribution in [3.8, 4) is 0 Å². The van der Waals surface area contributed by atoms with E-state index < -0.39 is 6.04 Å². The van der Waals surface area contributed by atoms with E-state index >= 15 is 0 Å². The third-order valence-corrected chi connectivity index (χ3v) is 7.55. The third-order valence-electron chi connectivity index (χ3n) is 6.39. The van der Waals surface area contributed by atoms with Crippen LogP contribution in [0.3, 0.4) is 0 Å². The Morgan fingerprint density at radius 2 is 1.92 bits per heavy atom. The Kier molecular flexibility index (Phi) is 9.49. The van der Waals surface area contributed by atoms with E-state index in [1.165, 1.54) is 22.7 Å². The summed E-state index contributed by atoms with van der Waals surface area (Å²) in [5.41, 5.74) is 2.05. The van der Waals surface area contributed by atoms with Gasteiger partial charge in [-0.1, -0.05) is 30.0 Å². The number of Topliss-reactive ketones (excluding diaryl/α,β-unsaturated/α-hetero) is 1. The quantitative estimate of drug-likeness (QED) is 0.510. The molecule has 1 aromatic carbocycles. The number of rotatable bonds is 8. The van der Waals surface area contributed by atoms with E-state index in [0.717, 1.165) is 18.4 Å². The number of carbonyl (C=O) groups is 3. The number of hydrogen-bond donors (Lipinski definition) is 0. The number of aromatic nitrogens is 2. The number of thioether (sulfide) groups is 1. The van der Waals surface area contributed by atoms with Crippen LogP contribution >= 0.6 is 24.2 Å². The summed E-state index contributed by atoms with van der Waals surface area (Å²) in [5, 5.41) is 4.49. The fraction of sp³-hybridized carbons (Fsp3) is 0.462. The number of piperidine rings is 1. The largest absolute Gasteiger partial charge is 0.347 e. The van der Waals surface area contributed by atoms with Gasteiger partial charge in [-0.05, 0) is 43.0 Å². The fourth-order valence-corrected chi connectivity index (χ4v) is 5.33. The molecule has 2 fully saturated rings. The van der Waals surface area contributed by atoms with Gasteiger partial charge < -0.3 is 4.90 Å². The van der Waals surface area contributed by atoms with Crippen molar-refractivity contribution in [2.75, 3.05) is 27.2 Å². The Morgan fingerprint density at radius 1 is 1.19 bits per heavy atom. The van der Waals surface area contributed by atoms with Crippen LogP contribution < -0.4 is 0 Å². The normalized spacial score (nSPS) is 20.0. The molecule has 1 aliphatic carbocycles. The van der Waals surface area contributed by atoms with E-state index in [9.17, 15) is 18.8 Å². The maximum atomic E-state index is 14.8. The molecule has 2 aromatic rings. The van der Waals surface area contributed by atoms with E-state index in [0.29, 0.717) is 30.8 Å². The van der Waals surface area contributed by atoms with Crippen molar-refractivity contribution in [2.24, 2.45) is 5.92 Å². The fourth-order valence-electron chi connectivity index (χ4n) is 4.41. The molecule has 7 nitrogen and oxygen atoms in total. The summed E-state index contributed by atoms with van der Waals surface area (Å²) in [5.74, 6) is -0.381. The van der Waals surface area contributed by atoms with Gasteiger partial charge in [0.2, 0.25) is 5.91 Å². The first-order valence-corrected chi connectivity index (χ1v) is 12.7. The Hall–Kier alpha value is -2.49. The van der Waals surface area contributed by atoms with Crippen LogP contribution in [0.25, 0.3) is 6.08 Å². The summed E-state index contributed by atoms with van der Waals surface area (Å²) in [7, 11) is 3.40. The predicted molar refractivity (Wildman–Crippen MR) is 141 cm³/mol. The summed E-state index contributed by atoms with van der Waals surface area (Å²) in [6.45, 7) is 2.71. The molecule has 36 heavy (non-hydrogen) atoms. The van der Waals surface area contributed by atoms with Crippen molar-refractivity contribution >= 4 is 47.1 Å². The van der Waals surface area contributed by atoms with E-state index in [-0.39, 0.29) is 52.7 Å². The highest BCUT2D eigenvalue weighted by Gasteiger charge is 2.41. The highest BCUT2D eigenvalue weighted by molar-refractivity contribution is 8.14. The van der Waals surface area contributed by atoms with E-state index in [2.05, 4.69) is 5.10 Å². The Balaban J connectivity index is 0.00000361. The average molecular weight is 535 g/mol. The molecular weight excluding hydrogens is 503 g/mol. The van der Waals surface area contributed by atoms with Crippen molar-refractivity contribution in [3.05, 3.63) is 59.2 Å². The number of likely N-dealkylation sites (tertiary alicyclic amines) is 1. The summed E-state index contributed by atoms with van der Waals surface area (Å²) in [6.07, 6.45) is 6.06. The number of ketones is 1. The number of benzene rings is 1. The molecule has 1 saturated heterocycles.